The average Bonchev–Trinajstić information content (AvgIpc) is 2.30. The molecule has 0 heterocycles. The molecule has 1 atom stereocenters. The summed E-state index contributed by atoms with van der Waals surface area (Å²) in [4.78, 5) is 47.5. The maximum atomic E-state index is 12.5. The van der Waals surface area contributed by atoms with E-state index in [1.54, 1.807) is 0 Å². The van der Waals surface area contributed by atoms with Gasteiger partial charge in [-0.05, 0) is 41.5 Å². The second kappa shape index (κ2) is 7.42. The highest BCUT2D eigenvalue weighted by Crippen LogP contribution is 2.22. The fourth-order valence-corrected chi connectivity index (χ4v) is 1.86. The molecule has 120 valence electrons. The number of rotatable bonds is 9. The van der Waals surface area contributed by atoms with Gasteiger partial charge in [0.1, 0.15) is 0 Å². The van der Waals surface area contributed by atoms with Crippen molar-refractivity contribution in [1.29, 1.82) is 0 Å². The molecule has 0 rings (SSSR count). The lowest BCUT2D eigenvalue weighted by Crippen LogP contribution is -2.60. The third-order valence-electron chi connectivity index (χ3n) is 2.62. The van der Waals surface area contributed by atoms with Gasteiger partial charge in [0.05, 0.1) is 12.2 Å². The van der Waals surface area contributed by atoms with Crippen LogP contribution in [0.15, 0.2) is 0 Å². The minimum absolute atomic E-state index is 0.578. The van der Waals surface area contributed by atoms with Crippen LogP contribution in [0, 0.1) is 0 Å². The van der Waals surface area contributed by atoms with Gasteiger partial charge in [-0.15, -0.1) is 0 Å². The molecule has 0 aliphatic carbocycles. The van der Waals surface area contributed by atoms with Crippen LogP contribution >= 0.6 is 0 Å². The van der Waals surface area contributed by atoms with E-state index >= 15 is 0 Å². The van der Waals surface area contributed by atoms with Gasteiger partial charge < -0.3 is 14.6 Å². The van der Waals surface area contributed by atoms with Crippen LogP contribution in [0.3, 0.4) is 0 Å². The Hall–Kier alpha value is -1.60. The molecule has 0 radical (unpaired) electrons. The highest BCUT2D eigenvalue weighted by atomic mass is 16.5. The van der Waals surface area contributed by atoms with Gasteiger partial charge in [-0.1, -0.05) is 0 Å². The van der Waals surface area contributed by atoms with Crippen molar-refractivity contribution in [1.82, 2.24) is 0 Å². The molecule has 0 aliphatic heterocycles. The molecule has 0 saturated carbocycles. The molecule has 0 saturated heterocycles. The molecule has 0 spiro atoms. The van der Waals surface area contributed by atoms with Crippen molar-refractivity contribution in [3.8, 4) is 0 Å². The Kier molecular flexibility index (Phi) is 6.85. The monoisotopic (exact) mass is 302 g/mol. The fraction of sp³-hybridized carbons (Fsp3) is 0.714. The number of aliphatic carboxylic acids is 1. The first-order valence-corrected chi connectivity index (χ1v) is 6.59. The maximum absolute atomic E-state index is 12.5. The number of Topliss-reactive ketones (excluding diaryl/α,β-unsaturated/α-hetero) is 3. The molecule has 0 aromatic heterocycles. The molecule has 0 aromatic carbocycles. The van der Waals surface area contributed by atoms with Crippen LogP contribution < -0.4 is 0 Å². The number of hydrogen-bond acceptors (Lipinski definition) is 6. The van der Waals surface area contributed by atoms with Crippen LogP contribution in [-0.4, -0.2) is 52.3 Å². The summed E-state index contributed by atoms with van der Waals surface area (Å²) in [6.45, 7) is 8.16. The van der Waals surface area contributed by atoms with E-state index in [1.165, 1.54) is 27.7 Å². The molecule has 21 heavy (non-hydrogen) atoms. The number of ketones is 3. The minimum atomic E-state index is -2.45. The van der Waals surface area contributed by atoms with Crippen LogP contribution in [-0.2, 0) is 28.7 Å². The largest absolute Gasteiger partial charge is 0.479 e. The summed E-state index contributed by atoms with van der Waals surface area (Å²) in [5.74, 6) is -4.52. The van der Waals surface area contributed by atoms with Crippen molar-refractivity contribution in [3.63, 3.8) is 0 Å². The number of carboxylic acid groups (broad SMARTS) is 1. The SMILES string of the molecule is CC(=O)C(OC(C)C)(C(C)=O)C(=O)C(OC(C)C)C(=O)O. The average molecular weight is 302 g/mol. The normalized spacial score (nSPS) is 13.3. The van der Waals surface area contributed by atoms with Gasteiger partial charge >= 0.3 is 5.97 Å². The first-order valence-electron chi connectivity index (χ1n) is 6.59. The molecule has 0 aliphatic rings. The molecule has 7 nitrogen and oxygen atoms in total. The van der Waals surface area contributed by atoms with E-state index in [1.807, 2.05) is 0 Å². The van der Waals surface area contributed by atoms with E-state index in [0.717, 1.165) is 13.8 Å². The standard InChI is InChI=1S/C14H22O7/c1-7(2)20-11(13(18)19)12(17)14(9(5)15,10(6)16)21-8(3)4/h7-8,11H,1-6H3,(H,18,19). The Morgan fingerprint density at radius 2 is 1.33 bits per heavy atom. The van der Waals surface area contributed by atoms with Gasteiger partial charge in [0, 0.05) is 0 Å². The zero-order valence-corrected chi connectivity index (χ0v) is 13.1. The molecule has 1 unspecified atom stereocenters. The Labute approximate surface area is 123 Å². The zero-order chi connectivity index (χ0) is 17.0. The van der Waals surface area contributed by atoms with E-state index in [-0.39, 0.29) is 0 Å². The van der Waals surface area contributed by atoms with Gasteiger partial charge in [0.2, 0.25) is 17.5 Å². The minimum Gasteiger partial charge on any atom is -0.479 e. The van der Waals surface area contributed by atoms with Crippen LogP contribution in [0.4, 0.5) is 0 Å². The van der Waals surface area contributed by atoms with E-state index < -0.39 is 47.2 Å². The van der Waals surface area contributed by atoms with Gasteiger partial charge in [-0.3, -0.25) is 14.4 Å². The van der Waals surface area contributed by atoms with Gasteiger partial charge in [0.25, 0.3) is 0 Å². The van der Waals surface area contributed by atoms with Gasteiger partial charge in [-0.25, -0.2) is 4.79 Å². The highest BCUT2D eigenvalue weighted by Gasteiger charge is 2.54. The second-order valence-corrected chi connectivity index (χ2v) is 5.23. The lowest BCUT2D eigenvalue weighted by atomic mass is 9.86. The van der Waals surface area contributed by atoms with Crippen molar-refractivity contribution >= 4 is 23.3 Å². The molecular weight excluding hydrogens is 280 g/mol. The van der Waals surface area contributed by atoms with E-state index in [4.69, 9.17) is 14.6 Å². The second-order valence-electron chi connectivity index (χ2n) is 5.23. The number of carbonyl (C=O) groups is 4. The van der Waals surface area contributed by atoms with Crippen molar-refractivity contribution in [2.75, 3.05) is 0 Å². The smallest absolute Gasteiger partial charge is 0.340 e. The molecular formula is C14H22O7. The molecule has 0 fully saturated rings. The molecule has 0 bridgehead atoms. The van der Waals surface area contributed by atoms with Crippen LogP contribution in [0.2, 0.25) is 0 Å². The summed E-state index contributed by atoms with van der Waals surface area (Å²) in [7, 11) is 0. The lowest BCUT2D eigenvalue weighted by molar-refractivity contribution is -0.180. The quantitative estimate of drug-likeness (QED) is 0.627. The number of ether oxygens (including phenoxy) is 2. The molecule has 0 amide bonds. The predicted octanol–water partition coefficient (Wildman–Crippen LogP) is 0.775. The van der Waals surface area contributed by atoms with Gasteiger partial charge in [0.15, 0.2) is 11.6 Å². The molecule has 0 aromatic rings. The number of carboxylic acids is 1. The third kappa shape index (κ3) is 4.44. The Bertz CT molecular complexity index is 423. The zero-order valence-electron chi connectivity index (χ0n) is 13.1. The maximum Gasteiger partial charge on any atom is 0.340 e. The summed E-state index contributed by atoms with van der Waals surface area (Å²) < 4.78 is 10.3. The fourth-order valence-electron chi connectivity index (χ4n) is 1.86. The number of carbonyl (C=O) groups excluding carboxylic acids is 3. The Morgan fingerprint density at radius 3 is 1.57 bits per heavy atom. The summed E-state index contributed by atoms with van der Waals surface area (Å²) in [6, 6.07) is 0. The van der Waals surface area contributed by atoms with E-state index in [0.29, 0.717) is 0 Å². The van der Waals surface area contributed by atoms with Gasteiger partial charge in [-0.2, -0.15) is 0 Å². The molecule has 1 N–H and O–H groups in total. The first kappa shape index (κ1) is 19.4. The predicted molar refractivity (Wildman–Crippen MR) is 73.0 cm³/mol. The third-order valence-corrected chi connectivity index (χ3v) is 2.62. The van der Waals surface area contributed by atoms with Crippen LogP contribution in [0.5, 0.6) is 0 Å². The topological polar surface area (TPSA) is 107 Å². The lowest BCUT2D eigenvalue weighted by Gasteiger charge is -2.31. The van der Waals surface area contributed by atoms with Crippen molar-refractivity contribution in [2.45, 2.75) is 65.5 Å². The Morgan fingerprint density at radius 1 is 0.905 bits per heavy atom. The number of hydrogen-bond donors (Lipinski definition) is 1. The first-order chi connectivity index (χ1) is 9.46. The summed E-state index contributed by atoms with van der Waals surface area (Å²) in [5, 5.41) is 9.13. The van der Waals surface area contributed by atoms with Crippen molar-refractivity contribution in [3.05, 3.63) is 0 Å². The summed E-state index contributed by atoms with van der Waals surface area (Å²) >= 11 is 0. The summed E-state index contributed by atoms with van der Waals surface area (Å²) in [6.07, 6.45) is -3.16. The van der Waals surface area contributed by atoms with Crippen molar-refractivity contribution in [2.24, 2.45) is 0 Å². The van der Waals surface area contributed by atoms with Crippen LogP contribution in [0.25, 0.3) is 0 Å². The van der Waals surface area contributed by atoms with E-state index in [2.05, 4.69) is 0 Å². The van der Waals surface area contributed by atoms with Crippen LogP contribution in [0.1, 0.15) is 41.5 Å². The van der Waals surface area contributed by atoms with E-state index in [9.17, 15) is 19.2 Å². The molecule has 7 heteroatoms. The van der Waals surface area contributed by atoms with Crippen molar-refractivity contribution < 1.29 is 33.8 Å². The highest BCUT2D eigenvalue weighted by molar-refractivity contribution is 6.31. The Balaban J connectivity index is 5.90. The summed E-state index contributed by atoms with van der Waals surface area (Å²) in [5.41, 5.74) is -2.45.